The van der Waals surface area contributed by atoms with Gasteiger partial charge in [-0.05, 0) is 44.0 Å². The Kier molecular flexibility index (Phi) is 4.72. The summed E-state index contributed by atoms with van der Waals surface area (Å²) in [4.78, 5) is 4.05. The average Bonchev–Trinajstić information content (AvgIpc) is 2.84. The van der Waals surface area contributed by atoms with Gasteiger partial charge in [0, 0.05) is 12.5 Å². The molecule has 102 valence electrons. The normalized spacial score (nSPS) is 12.4. The number of rotatable bonds is 5. The van der Waals surface area contributed by atoms with Gasteiger partial charge in [0.1, 0.15) is 10.9 Å². The molecule has 0 aliphatic heterocycles. The minimum atomic E-state index is 0.268. The lowest BCUT2D eigenvalue weighted by Gasteiger charge is -2.17. The molecule has 0 saturated carbocycles. The van der Waals surface area contributed by atoms with Crippen molar-refractivity contribution in [3.8, 4) is 0 Å². The van der Waals surface area contributed by atoms with E-state index < -0.39 is 0 Å². The van der Waals surface area contributed by atoms with Crippen LogP contribution in [-0.4, -0.2) is 11.0 Å². The number of hydrogen-bond acceptors (Lipinski definition) is 3. The van der Waals surface area contributed by atoms with Crippen molar-refractivity contribution >= 4 is 28.9 Å². The van der Waals surface area contributed by atoms with Crippen LogP contribution in [0.25, 0.3) is 0 Å². The Morgan fingerprint density at radius 3 is 2.84 bits per heavy atom. The highest BCUT2D eigenvalue weighted by Crippen LogP contribution is 2.27. The standard InChI is InChI=1S/C14H16Cl2N2O/c1-9-8-12(15)18-14(16)13(9)17-10(2)5-6-11-4-3-7-19-11/h3-4,7-8,10,17H,5-6H2,1-2H3. The molecule has 2 heterocycles. The Morgan fingerprint density at radius 2 is 2.21 bits per heavy atom. The highest BCUT2D eigenvalue weighted by Gasteiger charge is 2.11. The number of nitrogens with zero attached hydrogens (tertiary/aromatic N) is 1. The summed E-state index contributed by atoms with van der Waals surface area (Å²) >= 11 is 12.0. The van der Waals surface area contributed by atoms with E-state index in [0.29, 0.717) is 10.3 Å². The second kappa shape index (κ2) is 6.31. The van der Waals surface area contributed by atoms with Crippen molar-refractivity contribution in [2.45, 2.75) is 32.7 Å². The quantitative estimate of drug-likeness (QED) is 0.812. The van der Waals surface area contributed by atoms with Gasteiger partial charge in [0.15, 0.2) is 5.15 Å². The minimum Gasteiger partial charge on any atom is -0.469 e. The largest absolute Gasteiger partial charge is 0.469 e. The maximum absolute atomic E-state index is 6.10. The summed E-state index contributed by atoms with van der Waals surface area (Å²) in [6.45, 7) is 4.06. The molecule has 1 atom stereocenters. The second-order valence-corrected chi connectivity index (χ2v) is 5.34. The van der Waals surface area contributed by atoms with Gasteiger partial charge < -0.3 is 9.73 Å². The number of aryl methyl sites for hydroxylation is 2. The third-order valence-electron chi connectivity index (χ3n) is 2.94. The van der Waals surface area contributed by atoms with E-state index in [1.807, 2.05) is 19.1 Å². The fourth-order valence-electron chi connectivity index (χ4n) is 1.90. The van der Waals surface area contributed by atoms with E-state index in [4.69, 9.17) is 27.6 Å². The average molecular weight is 299 g/mol. The highest BCUT2D eigenvalue weighted by atomic mass is 35.5. The summed E-state index contributed by atoms with van der Waals surface area (Å²) in [5, 5.41) is 4.20. The third-order valence-corrected chi connectivity index (χ3v) is 3.40. The number of halogens is 2. The zero-order valence-electron chi connectivity index (χ0n) is 10.9. The summed E-state index contributed by atoms with van der Waals surface area (Å²) < 4.78 is 5.31. The van der Waals surface area contributed by atoms with E-state index >= 15 is 0 Å². The number of hydrogen-bond donors (Lipinski definition) is 1. The Bertz CT molecular complexity index is 517. The van der Waals surface area contributed by atoms with Gasteiger partial charge >= 0.3 is 0 Å². The molecule has 3 nitrogen and oxygen atoms in total. The first-order valence-electron chi connectivity index (χ1n) is 6.18. The summed E-state index contributed by atoms with van der Waals surface area (Å²) in [5.74, 6) is 0.991. The van der Waals surface area contributed by atoms with Crippen molar-refractivity contribution in [1.82, 2.24) is 4.98 Å². The molecule has 0 aliphatic rings. The molecular formula is C14H16Cl2N2O. The Labute approximate surface area is 122 Å². The van der Waals surface area contributed by atoms with Crippen LogP contribution < -0.4 is 5.32 Å². The molecular weight excluding hydrogens is 283 g/mol. The van der Waals surface area contributed by atoms with Crippen molar-refractivity contribution in [3.63, 3.8) is 0 Å². The molecule has 19 heavy (non-hydrogen) atoms. The van der Waals surface area contributed by atoms with E-state index in [0.717, 1.165) is 29.9 Å². The number of furan rings is 1. The lowest BCUT2D eigenvalue weighted by molar-refractivity contribution is 0.495. The number of pyridine rings is 1. The van der Waals surface area contributed by atoms with Gasteiger partial charge in [-0.1, -0.05) is 23.2 Å². The Morgan fingerprint density at radius 1 is 1.42 bits per heavy atom. The molecule has 0 fully saturated rings. The van der Waals surface area contributed by atoms with Crippen LogP contribution in [0.2, 0.25) is 10.3 Å². The lowest BCUT2D eigenvalue weighted by atomic mass is 10.1. The molecule has 1 unspecified atom stereocenters. The minimum absolute atomic E-state index is 0.268. The van der Waals surface area contributed by atoms with Crippen molar-refractivity contribution in [2.24, 2.45) is 0 Å². The molecule has 2 aromatic heterocycles. The van der Waals surface area contributed by atoms with Gasteiger partial charge in [-0.15, -0.1) is 0 Å². The highest BCUT2D eigenvalue weighted by molar-refractivity contribution is 6.34. The third kappa shape index (κ3) is 3.88. The van der Waals surface area contributed by atoms with Crippen LogP contribution >= 0.6 is 23.2 Å². The summed E-state index contributed by atoms with van der Waals surface area (Å²) in [6.07, 6.45) is 3.53. The van der Waals surface area contributed by atoms with Crippen molar-refractivity contribution in [2.75, 3.05) is 5.32 Å². The Hall–Kier alpha value is -1.19. The summed E-state index contributed by atoms with van der Waals surface area (Å²) in [7, 11) is 0. The van der Waals surface area contributed by atoms with Crippen LogP contribution in [0.1, 0.15) is 24.7 Å². The molecule has 0 bridgehead atoms. The first kappa shape index (κ1) is 14.2. The maximum Gasteiger partial charge on any atom is 0.154 e. The van der Waals surface area contributed by atoms with Crippen LogP contribution in [0.5, 0.6) is 0 Å². The maximum atomic E-state index is 6.10. The molecule has 2 rings (SSSR count). The van der Waals surface area contributed by atoms with Crippen LogP contribution in [0, 0.1) is 6.92 Å². The molecule has 0 amide bonds. The van der Waals surface area contributed by atoms with Crippen LogP contribution in [-0.2, 0) is 6.42 Å². The van der Waals surface area contributed by atoms with Crippen molar-refractivity contribution in [3.05, 3.63) is 46.1 Å². The SMILES string of the molecule is Cc1cc(Cl)nc(Cl)c1NC(C)CCc1ccco1. The van der Waals surface area contributed by atoms with Gasteiger partial charge in [-0.25, -0.2) is 4.98 Å². The molecule has 0 aromatic carbocycles. The molecule has 0 aliphatic carbocycles. The Balaban J connectivity index is 1.97. The molecule has 0 saturated heterocycles. The van der Waals surface area contributed by atoms with E-state index in [-0.39, 0.29) is 6.04 Å². The summed E-state index contributed by atoms with van der Waals surface area (Å²) in [6, 6.07) is 5.95. The van der Waals surface area contributed by atoms with E-state index in [1.165, 1.54) is 0 Å². The first-order valence-corrected chi connectivity index (χ1v) is 6.93. The molecule has 5 heteroatoms. The van der Waals surface area contributed by atoms with E-state index in [1.54, 1.807) is 12.3 Å². The molecule has 0 radical (unpaired) electrons. The smallest absolute Gasteiger partial charge is 0.154 e. The topological polar surface area (TPSA) is 38.1 Å². The monoisotopic (exact) mass is 298 g/mol. The first-order chi connectivity index (χ1) is 9.06. The van der Waals surface area contributed by atoms with Gasteiger partial charge in [-0.3, -0.25) is 0 Å². The van der Waals surface area contributed by atoms with Crippen molar-refractivity contribution < 1.29 is 4.42 Å². The molecule has 2 aromatic rings. The van der Waals surface area contributed by atoms with E-state index in [2.05, 4.69) is 17.2 Å². The lowest BCUT2D eigenvalue weighted by Crippen LogP contribution is -2.17. The number of anilines is 1. The summed E-state index contributed by atoms with van der Waals surface area (Å²) in [5.41, 5.74) is 1.84. The van der Waals surface area contributed by atoms with Crippen LogP contribution in [0.15, 0.2) is 28.9 Å². The van der Waals surface area contributed by atoms with Crippen LogP contribution in [0.3, 0.4) is 0 Å². The second-order valence-electron chi connectivity index (χ2n) is 4.59. The van der Waals surface area contributed by atoms with Gasteiger partial charge in [0.25, 0.3) is 0 Å². The molecule has 1 N–H and O–H groups in total. The van der Waals surface area contributed by atoms with Crippen LogP contribution in [0.4, 0.5) is 5.69 Å². The number of nitrogens with one attached hydrogen (secondary N) is 1. The zero-order valence-corrected chi connectivity index (χ0v) is 12.4. The fourth-order valence-corrected chi connectivity index (χ4v) is 2.49. The van der Waals surface area contributed by atoms with Gasteiger partial charge in [0.2, 0.25) is 0 Å². The molecule has 0 spiro atoms. The van der Waals surface area contributed by atoms with Gasteiger partial charge in [-0.2, -0.15) is 0 Å². The predicted molar refractivity (Wildman–Crippen MR) is 79.1 cm³/mol. The zero-order chi connectivity index (χ0) is 13.8. The predicted octanol–water partition coefficient (Wildman–Crippen LogP) is 4.72. The number of aromatic nitrogens is 1. The van der Waals surface area contributed by atoms with E-state index in [9.17, 15) is 0 Å². The fraction of sp³-hybridized carbons (Fsp3) is 0.357. The van der Waals surface area contributed by atoms with Gasteiger partial charge in [0.05, 0.1) is 12.0 Å². The van der Waals surface area contributed by atoms with Crippen molar-refractivity contribution in [1.29, 1.82) is 0 Å².